The number of nitrogens with one attached hydrogen (secondary N) is 1. The highest BCUT2D eigenvalue weighted by Gasteiger charge is 2.32. The number of nitrogens with zero attached hydrogens (tertiary/aromatic N) is 1. The molecule has 1 saturated heterocycles. The Bertz CT molecular complexity index is 496. The Morgan fingerprint density at radius 2 is 2.10 bits per heavy atom. The Kier molecular flexibility index (Phi) is 4.70. The lowest BCUT2D eigenvalue weighted by Gasteiger charge is -2.38. The van der Waals surface area contributed by atoms with Crippen molar-refractivity contribution in [3.8, 4) is 5.75 Å². The number of benzene rings is 1. The number of hydrogen-bond acceptors (Lipinski definition) is 3. The average molecular weight is 340 g/mol. The number of nitrogens with two attached hydrogens (primary N) is 1. The Labute approximate surface area is 128 Å². The molecule has 110 valence electrons. The highest BCUT2D eigenvalue weighted by atomic mass is 79.9. The molecule has 3 N–H and O–H groups in total. The molecule has 0 radical (unpaired) electrons. The average Bonchev–Trinajstić information content (AvgIpc) is 2.43. The minimum atomic E-state index is -0.123. The molecule has 5 heteroatoms. The third kappa shape index (κ3) is 3.33. The summed E-state index contributed by atoms with van der Waals surface area (Å²) in [5.41, 5.74) is 6.81. The zero-order valence-electron chi connectivity index (χ0n) is 12.1. The van der Waals surface area contributed by atoms with Crippen LogP contribution in [0.3, 0.4) is 0 Å². The van der Waals surface area contributed by atoms with Gasteiger partial charge in [0, 0.05) is 16.4 Å². The van der Waals surface area contributed by atoms with Gasteiger partial charge in [0.2, 0.25) is 0 Å². The van der Waals surface area contributed by atoms with E-state index in [4.69, 9.17) is 15.9 Å². The predicted molar refractivity (Wildman–Crippen MR) is 85.2 cm³/mol. The summed E-state index contributed by atoms with van der Waals surface area (Å²) in [6.07, 6.45) is 1.90. The van der Waals surface area contributed by atoms with E-state index < -0.39 is 0 Å². The van der Waals surface area contributed by atoms with Gasteiger partial charge in [-0.15, -0.1) is 0 Å². The van der Waals surface area contributed by atoms with Gasteiger partial charge in [0.25, 0.3) is 0 Å². The van der Waals surface area contributed by atoms with Crippen molar-refractivity contribution < 1.29 is 4.74 Å². The molecule has 0 aromatic heterocycles. The van der Waals surface area contributed by atoms with Crippen molar-refractivity contribution in [3.05, 3.63) is 28.2 Å². The van der Waals surface area contributed by atoms with Gasteiger partial charge in [-0.3, -0.25) is 10.3 Å². The summed E-state index contributed by atoms with van der Waals surface area (Å²) < 4.78 is 6.39. The Hall–Kier alpha value is -1.07. The van der Waals surface area contributed by atoms with Gasteiger partial charge in [0.15, 0.2) is 0 Å². The van der Waals surface area contributed by atoms with Crippen LogP contribution in [0.4, 0.5) is 0 Å². The number of piperidine rings is 1. The molecule has 20 heavy (non-hydrogen) atoms. The molecule has 1 heterocycles. The molecular formula is C15H22BrN3O. The summed E-state index contributed by atoms with van der Waals surface area (Å²) in [5, 5.41) is 7.70. The Morgan fingerprint density at radius 1 is 1.45 bits per heavy atom. The summed E-state index contributed by atoms with van der Waals surface area (Å²) in [7, 11) is 1.69. The van der Waals surface area contributed by atoms with Gasteiger partial charge in [-0.25, -0.2) is 0 Å². The van der Waals surface area contributed by atoms with E-state index >= 15 is 0 Å². The van der Waals surface area contributed by atoms with Crippen molar-refractivity contribution in [2.45, 2.75) is 26.3 Å². The van der Waals surface area contributed by atoms with Crippen LogP contribution < -0.4 is 10.5 Å². The van der Waals surface area contributed by atoms with E-state index in [1.54, 1.807) is 7.11 Å². The molecule has 1 aliphatic rings. The van der Waals surface area contributed by atoms with E-state index in [-0.39, 0.29) is 5.41 Å². The molecule has 1 fully saturated rings. The molecule has 1 aliphatic heterocycles. The highest BCUT2D eigenvalue weighted by Crippen LogP contribution is 2.32. The van der Waals surface area contributed by atoms with E-state index in [0.29, 0.717) is 5.84 Å². The largest absolute Gasteiger partial charge is 0.497 e. The fourth-order valence-electron chi connectivity index (χ4n) is 2.51. The topological polar surface area (TPSA) is 62.3 Å². The number of amidine groups is 1. The van der Waals surface area contributed by atoms with E-state index in [0.717, 1.165) is 42.7 Å². The molecule has 0 atom stereocenters. The lowest BCUT2D eigenvalue weighted by molar-refractivity contribution is 0.155. The van der Waals surface area contributed by atoms with Crippen molar-refractivity contribution in [2.75, 3.05) is 20.2 Å². The van der Waals surface area contributed by atoms with E-state index in [1.165, 1.54) is 5.56 Å². The van der Waals surface area contributed by atoms with Gasteiger partial charge in [-0.05, 0) is 49.7 Å². The lowest BCUT2D eigenvalue weighted by atomic mass is 9.79. The van der Waals surface area contributed by atoms with Crippen LogP contribution in [-0.2, 0) is 6.54 Å². The second kappa shape index (κ2) is 6.14. The van der Waals surface area contributed by atoms with E-state index in [2.05, 4.69) is 33.8 Å². The van der Waals surface area contributed by atoms with Crippen molar-refractivity contribution in [2.24, 2.45) is 11.1 Å². The zero-order chi connectivity index (χ0) is 14.8. The van der Waals surface area contributed by atoms with Gasteiger partial charge in [-0.2, -0.15) is 0 Å². The molecule has 4 nitrogen and oxygen atoms in total. The molecule has 2 rings (SSSR count). The van der Waals surface area contributed by atoms with Gasteiger partial charge >= 0.3 is 0 Å². The SMILES string of the molecule is COc1ccc(Br)c(CN2CCC(C)(C(=N)N)CC2)c1. The fraction of sp³-hybridized carbons (Fsp3) is 0.533. The van der Waals surface area contributed by atoms with Crippen LogP contribution >= 0.6 is 15.9 Å². The van der Waals surface area contributed by atoms with Gasteiger partial charge in [0.05, 0.1) is 12.9 Å². The Balaban J connectivity index is 2.01. The maximum Gasteiger partial charge on any atom is 0.119 e. The van der Waals surface area contributed by atoms with Gasteiger partial charge in [-0.1, -0.05) is 22.9 Å². The maximum absolute atomic E-state index is 7.70. The quantitative estimate of drug-likeness (QED) is 0.654. The highest BCUT2D eigenvalue weighted by molar-refractivity contribution is 9.10. The first-order valence-electron chi connectivity index (χ1n) is 6.84. The maximum atomic E-state index is 7.70. The molecule has 0 amide bonds. The van der Waals surface area contributed by atoms with Crippen LogP contribution in [0, 0.1) is 10.8 Å². The summed E-state index contributed by atoms with van der Waals surface area (Å²) in [4.78, 5) is 2.41. The third-order valence-electron chi connectivity index (χ3n) is 4.26. The molecule has 0 unspecified atom stereocenters. The first kappa shape index (κ1) is 15.3. The summed E-state index contributed by atoms with van der Waals surface area (Å²) in [6.45, 7) is 4.93. The molecular weight excluding hydrogens is 318 g/mol. The number of halogens is 1. The first-order chi connectivity index (χ1) is 9.44. The lowest BCUT2D eigenvalue weighted by Crippen LogP contribution is -2.44. The van der Waals surface area contributed by atoms with E-state index in [9.17, 15) is 0 Å². The number of hydrogen-bond donors (Lipinski definition) is 2. The smallest absolute Gasteiger partial charge is 0.119 e. The number of rotatable bonds is 4. The van der Waals surface area contributed by atoms with Crippen LogP contribution in [0.2, 0.25) is 0 Å². The second-order valence-electron chi connectivity index (χ2n) is 5.71. The molecule has 1 aromatic carbocycles. The standard InChI is InChI=1S/C15H22BrN3O/c1-15(14(17)18)5-7-19(8-6-15)10-11-9-12(20-2)3-4-13(11)16/h3-4,9H,5-8,10H2,1-2H3,(H3,17,18). The number of ether oxygens (including phenoxy) is 1. The van der Waals surface area contributed by atoms with Crippen LogP contribution in [0.5, 0.6) is 5.75 Å². The third-order valence-corrected chi connectivity index (χ3v) is 5.03. The van der Waals surface area contributed by atoms with Crippen molar-refractivity contribution in [1.82, 2.24) is 4.90 Å². The molecule has 0 bridgehead atoms. The van der Waals surface area contributed by atoms with Crippen LogP contribution in [0.1, 0.15) is 25.3 Å². The molecule has 0 spiro atoms. The van der Waals surface area contributed by atoms with E-state index in [1.807, 2.05) is 12.1 Å². The van der Waals surface area contributed by atoms with Gasteiger partial charge in [0.1, 0.15) is 5.75 Å². The first-order valence-corrected chi connectivity index (χ1v) is 7.63. The number of methoxy groups -OCH3 is 1. The molecule has 0 saturated carbocycles. The van der Waals surface area contributed by atoms with Crippen molar-refractivity contribution >= 4 is 21.8 Å². The Morgan fingerprint density at radius 3 is 2.65 bits per heavy atom. The number of likely N-dealkylation sites (tertiary alicyclic amines) is 1. The normalized spacial score (nSPS) is 18.8. The fourth-order valence-corrected chi connectivity index (χ4v) is 2.89. The van der Waals surface area contributed by atoms with Crippen molar-refractivity contribution in [3.63, 3.8) is 0 Å². The second-order valence-corrected chi connectivity index (χ2v) is 6.56. The van der Waals surface area contributed by atoms with Crippen LogP contribution in [0.25, 0.3) is 0 Å². The molecule has 0 aliphatic carbocycles. The summed E-state index contributed by atoms with van der Waals surface area (Å²) >= 11 is 3.60. The zero-order valence-corrected chi connectivity index (χ0v) is 13.7. The van der Waals surface area contributed by atoms with Crippen LogP contribution in [-0.4, -0.2) is 30.9 Å². The predicted octanol–water partition coefficient (Wildman–Crippen LogP) is 3.00. The minimum absolute atomic E-state index is 0.123. The summed E-state index contributed by atoms with van der Waals surface area (Å²) in [6, 6.07) is 6.05. The van der Waals surface area contributed by atoms with Crippen molar-refractivity contribution in [1.29, 1.82) is 5.41 Å². The minimum Gasteiger partial charge on any atom is -0.497 e. The van der Waals surface area contributed by atoms with Gasteiger partial charge < -0.3 is 10.5 Å². The van der Waals surface area contributed by atoms with Crippen LogP contribution in [0.15, 0.2) is 22.7 Å². The summed E-state index contributed by atoms with van der Waals surface area (Å²) in [5.74, 6) is 1.20. The molecule has 1 aromatic rings. The monoisotopic (exact) mass is 339 g/mol.